The van der Waals surface area contributed by atoms with Gasteiger partial charge in [-0.2, -0.15) is 0 Å². The van der Waals surface area contributed by atoms with Crippen LogP contribution in [0.25, 0.3) is 20.8 Å². The SMILES string of the molecule is COC(=O)N1CCc2c(sc(NC(=O)c3ccccc3NS(=O)(=O)c3ccccc3)c2-c2nc3ccccc3s2)C1. The summed E-state index contributed by atoms with van der Waals surface area (Å²) >= 11 is 2.92. The molecular formula is C29H24N4O5S3. The highest BCUT2D eigenvalue weighted by Gasteiger charge is 2.30. The molecule has 2 N–H and O–H groups in total. The zero-order valence-corrected chi connectivity index (χ0v) is 24.2. The number of thiazole rings is 1. The zero-order valence-electron chi connectivity index (χ0n) is 21.8. The summed E-state index contributed by atoms with van der Waals surface area (Å²) < 4.78 is 34.5. The second-order valence-electron chi connectivity index (χ2n) is 9.25. The molecule has 0 saturated carbocycles. The number of hydrogen-bond donors (Lipinski definition) is 2. The van der Waals surface area contributed by atoms with Crippen LogP contribution in [0, 0.1) is 0 Å². The molecule has 41 heavy (non-hydrogen) atoms. The molecule has 0 spiro atoms. The smallest absolute Gasteiger partial charge is 0.409 e. The zero-order chi connectivity index (χ0) is 28.6. The first-order chi connectivity index (χ1) is 19.8. The van der Waals surface area contributed by atoms with Crippen molar-refractivity contribution in [3.05, 3.63) is 94.9 Å². The van der Waals surface area contributed by atoms with Gasteiger partial charge in [0.1, 0.15) is 10.0 Å². The first-order valence-electron chi connectivity index (χ1n) is 12.7. The number of nitrogens with zero attached hydrogens (tertiary/aromatic N) is 2. The van der Waals surface area contributed by atoms with Crippen molar-refractivity contribution in [3.63, 3.8) is 0 Å². The number of sulfonamides is 1. The van der Waals surface area contributed by atoms with Gasteiger partial charge in [-0.05, 0) is 48.4 Å². The Labute approximate surface area is 244 Å². The van der Waals surface area contributed by atoms with Crippen LogP contribution in [0.15, 0.2) is 83.8 Å². The van der Waals surface area contributed by atoms with Crippen molar-refractivity contribution in [2.75, 3.05) is 23.7 Å². The predicted molar refractivity (Wildman–Crippen MR) is 161 cm³/mol. The van der Waals surface area contributed by atoms with Gasteiger partial charge in [-0.25, -0.2) is 18.2 Å². The first kappa shape index (κ1) is 26.9. The number of carbonyl (C=O) groups is 2. The lowest BCUT2D eigenvalue weighted by Gasteiger charge is -2.25. The molecule has 6 rings (SSSR count). The summed E-state index contributed by atoms with van der Waals surface area (Å²) in [6.07, 6.45) is 0.172. The third-order valence-electron chi connectivity index (χ3n) is 6.69. The highest BCUT2D eigenvalue weighted by atomic mass is 32.2. The summed E-state index contributed by atoms with van der Waals surface area (Å²) in [6, 6.07) is 22.3. The number of fused-ring (bicyclic) bond motifs is 2. The lowest BCUT2D eigenvalue weighted by atomic mass is 10.0. The van der Waals surface area contributed by atoms with Crippen LogP contribution in [0.4, 0.5) is 15.5 Å². The van der Waals surface area contributed by atoms with Gasteiger partial charge in [0, 0.05) is 17.0 Å². The molecule has 0 bridgehead atoms. The van der Waals surface area contributed by atoms with Gasteiger partial charge in [0.15, 0.2) is 0 Å². The standard InChI is InChI=1S/C29H24N4O5S3/c1-38-29(35)33-16-15-20-24(17-33)40-28(25(20)27-30-22-13-7-8-14-23(22)39-27)31-26(34)19-11-5-6-12-21(19)32-41(36,37)18-9-3-2-4-10-18/h2-14,32H,15-17H2,1H3,(H,31,34). The number of nitrogens with one attached hydrogen (secondary N) is 2. The molecule has 0 atom stereocenters. The Kier molecular flexibility index (Phi) is 7.20. The van der Waals surface area contributed by atoms with Crippen molar-refractivity contribution < 1.29 is 22.7 Å². The fourth-order valence-corrected chi connectivity index (χ4v) is 8.20. The molecule has 2 amide bonds. The molecule has 9 nitrogen and oxygen atoms in total. The number of ether oxygens (including phenoxy) is 1. The Balaban J connectivity index is 1.37. The number of methoxy groups -OCH3 is 1. The maximum absolute atomic E-state index is 13.7. The van der Waals surface area contributed by atoms with Gasteiger partial charge in [-0.15, -0.1) is 22.7 Å². The lowest BCUT2D eigenvalue weighted by Crippen LogP contribution is -2.35. The Morgan fingerprint density at radius 3 is 2.46 bits per heavy atom. The van der Waals surface area contributed by atoms with E-state index in [2.05, 4.69) is 10.0 Å². The van der Waals surface area contributed by atoms with Crippen molar-refractivity contribution in [3.8, 4) is 10.6 Å². The van der Waals surface area contributed by atoms with Crippen LogP contribution in [0.1, 0.15) is 20.8 Å². The molecule has 0 unspecified atom stereocenters. The molecule has 0 radical (unpaired) electrons. The molecule has 3 aromatic carbocycles. The number of hydrogen-bond acceptors (Lipinski definition) is 8. The van der Waals surface area contributed by atoms with Crippen molar-refractivity contribution in [1.82, 2.24) is 9.88 Å². The van der Waals surface area contributed by atoms with E-state index in [9.17, 15) is 18.0 Å². The second kappa shape index (κ2) is 11.0. The Morgan fingerprint density at radius 2 is 1.68 bits per heavy atom. The number of aromatic nitrogens is 1. The molecule has 1 aliphatic heterocycles. The summed E-state index contributed by atoms with van der Waals surface area (Å²) in [5.74, 6) is -0.470. The summed E-state index contributed by atoms with van der Waals surface area (Å²) in [5.41, 5.74) is 3.05. The highest BCUT2D eigenvalue weighted by Crippen LogP contribution is 2.46. The number of carbonyl (C=O) groups excluding carboxylic acids is 2. The van der Waals surface area contributed by atoms with E-state index < -0.39 is 22.0 Å². The van der Waals surface area contributed by atoms with E-state index in [1.54, 1.807) is 47.4 Å². The van der Waals surface area contributed by atoms with Crippen molar-refractivity contribution >= 4 is 65.6 Å². The summed E-state index contributed by atoms with van der Waals surface area (Å²) in [5, 5.41) is 4.38. The van der Waals surface area contributed by atoms with E-state index in [4.69, 9.17) is 9.72 Å². The van der Waals surface area contributed by atoms with E-state index in [-0.39, 0.29) is 16.1 Å². The van der Waals surface area contributed by atoms with Crippen LogP contribution in [-0.2, 0) is 27.7 Å². The van der Waals surface area contributed by atoms with Gasteiger partial charge < -0.3 is 15.0 Å². The molecule has 208 valence electrons. The van der Waals surface area contributed by atoms with Crippen molar-refractivity contribution in [2.24, 2.45) is 0 Å². The third-order valence-corrected chi connectivity index (χ3v) is 10.3. The van der Waals surface area contributed by atoms with Crippen molar-refractivity contribution in [2.45, 2.75) is 17.9 Å². The summed E-state index contributed by atoms with van der Waals surface area (Å²) in [6.45, 7) is 0.833. The number of thiophene rings is 1. The van der Waals surface area contributed by atoms with Gasteiger partial charge in [-0.3, -0.25) is 9.52 Å². The topological polar surface area (TPSA) is 118 Å². The fourth-order valence-electron chi connectivity index (χ4n) is 4.73. The van der Waals surface area contributed by atoms with Crippen LogP contribution in [0.3, 0.4) is 0 Å². The maximum atomic E-state index is 13.7. The van der Waals surface area contributed by atoms with Crippen LogP contribution in [-0.4, -0.2) is 44.0 Å². The normalized spacial score (nSPS) is 13.0. The number of benzene rings is 3. The number of rotatable bonds is 6. The van der Waals surface area contributed by atoms with E-state index >= 15 is 0 Å². The first-order valence-corrected chi connectivity index (χ1v) is 15.8. The molecule has 12 heteroatoms. The molecule has 0 aliphatic carbocycles. The molecular weight excluding hydrogens is 581 g/mol. The minimum absolute atomic E-state index is 0.0921. The molecule has 0 saturated heterocycles. The average molecular weight is 605 g/mol. The van der Waals surface area contributed by atoms with Gasteiger partial charge in [0.25, 0.3) is 15.9 Å². The predicted octanol–water partition coefficient (Wildman–Crippen LogP) is 6.20. The Morgan fingerprint density at radius 1 is 0.951 bits per heavy atom. The summed E-state index contributed by atoms with van der Waals surface area (Å²) in [4.78, 5) is 33.5. The van der Waals surface area contributed by atoms with Gasteiger partial charge in [-0.1, -0.05) is 42.5 Å². The van der Waals surface area contributed by atoms with E-state index in [0.29, 0.717) is 24.5 Å². The number of para-hydroxylation sites is 2. The van der Waals surface area contributed by atoms with E-state index in [1.165, 1.54) is 41.9 Å². The fraction of sp³-hybridized carbons (Fsp3) is 0.138. The quantitative estimate of drug-likeness (QED) is 0.238. The molecule has 1 aliphatic rings. The monoisotopic (exact) mass is 604 g/mol. The molecule has 5 aromatic rings. The average Bonchev–Trinajstić information content (AvgIpc) is 3.57. The molecule has 2 aromatic heterocycles. The van der Waals surface area contributed by atoms with Gasteiger partial charge in [0.05, 0.1) is 40.0 Å². The number of anilines is 2. The third kappa shape index (κ3) is 5.29. The minimum atomic E-state index is -3.91. The summed E-state index contributed by atoms with van der Waals surface area (Å²) in [7, 11) is -2.56. The second-order valence-corrected chi connectivity index (χ2v) is 13.1. The molecule has 3 heterocycles. The van der Waals surface area contributed by atoms with Gasteiger partial charge >= 0.3 is 6.09 Å². The largest absolute Gasteiger partial charge is 0.453 e. The van der Waals surface area contributed by atoms with Crippen molar-refractivity contribution in [1.29, 1.82) is 0 Å². The van der Waals surface area contributed by atoms with E-state index in [0.717, 1.165) is 31.2 Å². The van der Waals surface area contributed by atoms with Crippen LogP contribution < -0.4 is 10.0 Å². The minimum Gasteiger partial charge on any atom is -0.453 e. The van der Waals surface area contributed by atoms with Crippen LogP contribution in [0.5, 0.6) is 0 Å². The maximum Gasteiger partial charge on any atom is 0.409 e. The highest BCUT2D eigenvalue weighted by molar-refractivity contribution is 7.92. The van der Waals surface area contributed by atoms with Crippen LogP contribution >= 0.6 is 22.7 Å². The lowest BCUT2D eigenvalue weighted by molar-refractivity contribution is 0.102. The van der Waals surface area contributed by atoms with Crippen LogP contribution in [0.2, 0.25) is 0 Å². The number of amides is 2. The van der Waals surface area contributed by atoms with Gasteiger partial charge in [0.2, 0.25) is 0 Å². The Bertz CT molecular complexity index is 1850. The van der Waals surface area contributed by atoms with E-state index in [1.807, 2.05) is 24.3 Å². The molecule has 0 fully saturated rings. The Hall–Kier alpha value is -4.26.